The predicted octanol–water partition coefficient (Wildman–Crippen LogP) is 2.85. The molecule has 0 bridgehead atoms. The Labute approximate surface area is 143 Å². The highest BCUT2D eigenvalue weighted by atomic mass is 16.1. The first-order valence-corrected chi connectivity index (χ1v) is 8.41. The van der Waals surface area contributed by atoms with Crippen molar-refractivity contribution in [1.82, 2.24) is 29.4 Å². The number of amides is 1. The van der Waals surface area contributed by atoms with E-state index in [0.717, 1.165) is 23.9 Å². The summed E-state index contributed by atoms with van der Waals surface area (Å²) in [5.41, 5.74) is 1.69. The number of H-pyrrole nitrogens is 1. The van der Waals surface area contributed by atoms with Crippen molar-refractivity contribution in [2.45, 2.75) is 32.7 Å². The first-order chi connectivity index (χ1) is 12.3. The highest BCUT2D eigenvalue weighted by Crippen LogP contribution is 2.23. The highest BCUT2D eigenvalue weighted by Gasteiger charge is 2.17. The van der Waals surface area contributed by atoms with Crippen LogP contribution in [0, 0.1) is 0 Å². The molecule has 2 N–H and O–H groups in total. The molecule has 8 nitrogen and oxygen atoms in total. The van der Waals surface area contributed by atoms with Gasteiger partial charge < -0.3 is 4.57 Å². The van der Waals surface area contributed by atoms with E-state index in [1.807, 2.05) is 30.5 Å². The molecule has 4 rings (SSSR count). The zero-order chi connectivity index (χ0) is 17.2. The van der Waals surface area contributed by atoms with Crippen LogP contribution in [-0.2, 0) is 6.54 Å². The number of aryl methyl sites for hydroxylation is 1. The van der Waals surface area contributed by atoms with E-state index < -0.39 is 0 Å². The predicted molar refractivity (Wildman–Crippen MR) is 94.5 cm³/mol. The molecule has 0 saturated heterocycles. The molecule has 0 spiro atoms. The molecule has 1 aromatic carbocycles. The number of hydrogen-bond donors (Lipinski definition) is 2. The van der Waals surface area contributed by atoms with Gasteiger partial charge in [-0.05, 0) is 12.5 Å². The third-order valence-corrected chi connectivity index (χ3v) is 4.27. The number of para-hydroxylation sites is 1. The van der Waals surface area contributed by atoms with E-state index in [4.69, 9.17) is 0 Å². The Morgan fingerprint density at radius 1 is 1.24 bits per heavy atom. The summed E-state index contributed by atoms with van der Waals surface area (Å²) in [5, 5.41) is 14.4. The van der Waals surface area contributed by atoms with Gasteiger partial charge in [-0.1, -0.05) is 38.0 Å². The van der Waals surface area contributed by atoms with E-state index in [-0.39, 0.29) is 5.91 Å². The van der Waals surface area contributed by atoms with Crippen molar-refractivity contribution in [3.63, 3.8) is 0 Å². The Morgan fingerprint density at radius 3 is 3.00 bits per heavy atom. The molecule has 4 aromatic rings. The fraction of sp³-hybridized carbons (Fsp3) is 0.294. The number of nitrogens with one attached hydrogen (secondary N) is 2. The number of aromatic amines is 1. The zero-order valence-corrected chi connectivity index (χ0v) is 13.9. The van der Waals surface area contributed by atoms with E-state index in [0.29, 0.717) is 17.3 Å². The number of unbranched alkanes of at least 4 members (excludes halogenated alkanes) is 2. The number of aromatic nitrogens is 6. The zero-order valence-electron chi connectivity index (χ0n) is 13.9. The largest absolute Gasteiger partial charge is 0.347 e. The molecule has 0 aliphatic carbocycles. The second kappa shape index (κ2) is 6.39. The Kier molecular flexibility index (Phi) is 3.93. The molecule has 0 saturated carbocycles. The second-order valence-electron chi connectivity index (χ2n) is 5.96. The van der Waals surface area contributed by atoms with Crippen molar-refractivity contribution in [3.05, 3.63) is 42.4 Å². The highest BCUT2D eigenvalue weighted by molar-refractivity contribution is 6.12. The van der Waals surface area contributed by atoms with Crippen molar-refractivity contribution >= 4 is 28.5 Å². The molecular weight excluding hydrogens is 318 g/mol. The van der Waals surface area contributed by atoms with Gasteiger partial charge in [0.1, 0.15) is 6.33 Å². The number of nitrogens with zero attached hydrogens (tertiary/aromatic N) is 5. The number of benzene rings is 1. The normalized spacial score (nSPS) is 11.4. The van der Waals surface area contributed by atoms with Gasteiger partial charge in [0.05, 0.1) is 5.56 Å². The first-order valence-electron chi connectivity index (χ1n) is 8.41. The van der Waals surface area contributed by atoms with Crippen LogP contribution in [0.2, 0.25) is 0 Å². The summed E-state index contributed by atoms with van der Waals surface area (Å²) in [5.74, 6) is 0.520. The Bertz CT molecular complexity index is 1030. The maximum Gasteiger partial charge on any atom is 0.273 e. The molecule has 0 aliphatic heterocycles. The molecule has 0 unspecified atom stereocenters. The number of hydrogen-bond acceptors (Lipinski definition) is 4. The number of rotatable bonds is 6. The molecule has 1 amide bonds. The quantitative estimate of drug-likeness (QED) is 0.529. The fourth-order valence-electron chi connectivity index (χ4n) is 3.02. The minimum atomic E-state index is -0.214. The molecule has 3 heterocycles. The maximum atomic E-state index is 12.8. The Morgan fingerprint density at radius 2 is 2.12 bits per heavy atom. The Balaban J connectivity index is 1.65. The molecular formula is C17H19N7O. The molecule has 128 valence electrons. The van der Waals surface area contributed by atoms with Crippen LogP contribution in [0.4, 0.5) is 5.95 Å². The van der Waals surface area contributed by atoms with Crippen LogP contribution in [0.3, 0.4) is 0 Å². The minimum Gasteiger partial charge on any atom is -0.347 e. The van der Waals surface area contributed by atoms with Crippen molar-refractivity contribution < 1.29 is 4.79 Å². The third kappa shape index (κ3) is 2.75. The molecule has 0 fully saturated rings. The smallest absolute Gasteiger partial charge is 0.273 e. The van der Waals surface area contributed by atoms with E-state index in [1.165, 1.54) is 23.7 Å². The topological polar surface area (TPSA) is 92.9 Å². The lowest BCUT2D eigenvalue weighted by Gasteiger charge is -2.03. The van der Waals surface area contributed by atoms with Gasteiger partial charge in [0, 0.05) is 23.6 Å². The van der Waals surface area contributed by atoms with E-state index >= 15 is 0 Å². The average molecular weight is 337 g/mol. The van der Waals surface area contributed by atoms with Gasteiger partial charge in [0.2, 0.25) is 0 Å². The van der Waals surface area contributed by atoms with Crippen LogP contribution in [0.15, 0.2) is 36.8 Å². The lowest BCUT2D eigenvalue weighted by molar-refractivity contribution is 0.102. The number of carbonyl (C=O) groups is 1. The summed E-state index contributed by atoms with van der Waals surface area (Å²) < 4.78 is 3.67. The van der Waals surface area contributed by atoms with Crippen LogP contribution in [0.1, 0.15) is 36.5 Å². The summed E-state index contributed by atoms with van der Waals surface area (Å²) in [6.45, 7) is 3.08. The molecule has 8 heteroatoms. The lowest BCUT2D eigenvalue weighted by atomic mass is 10.1. The summed E-state index contributed by atoms with van der Waals surface area (Å²) >= 11 is 0. The first kappa shape index (κ1) is 15.4. The summed E-state index contributed by atoms with van der Waals surface area (Å²) in [6.07, 6.45) is 6.85. The van der Waals surface area contributed by atoms with Crippen molar-refractivity contribution in [2.75, 3.05) is 5.32 Å². The van der Waals surface area contributed by atoms with Crippen LogP contribution < -0.4 is 5.32 Å². The van der Waals surface area contributed by atoms with Gasteiger partial charge in [-0.15, -0.1) is 10.2 Å². The maximum absolute atomic E-state index is 12.8. The number of fused-ring (bicyclic) bond motifs is 2. The molecule has 0 aliphatic rings. The van der Waals surface area contributed by atoms with Crippen molar-refractivity contribution in [2.24, 2.45) is 0 Å². The summed E-state index contributed by atoms with van der Waals surface area (Å²) in [6, 6.07) is 7.95. The van der Waals surface area contributed by atoms with E-state index in [9.17, 15) is 4.79 Å². The lowest BCUT2D eigenvalue weighted by Crippen LogP contribution is -2.14. The molecule has 0 atom stereocenters. The van der Waals surface area contributed by atoms with Gasteiger partial charge in [0.15, 0.2) is 0 Å². The standard InChI is InChI=1S/C17H19N7O/c1-2-3-6-9-23-10-13(12-7-4-5-8-14(12)23)15(25)20-17-22-21-16-18-11-19-24(16)17/h4-5,7-8,10-11H,2-3,6,9H2,1H3,(H,18,19,21)(H,20,22,25). The monoisotopic (exact) mass is 337 g/mol. The fourth-order valence-corrected chi connectivity index (χ4v) is 3.02. The number of carbonyl (C=O) groups excluding carboxylic acids is 1. The van der Waals surface area contributed by atoms with Crippen molar-refractivity contribution in [3.8, 4) is 0 Å². The second-order valence-corrected chi connectivity index (χ2v) is 5.96. The molecule has 0 radical (unpaired) electrons. The summed E-state index contributed by atoms with van der Waals surface area (Å²) in [4.78, 5) is 16.8. The average Bonchev–Trinajstić information content (AvgIpc) is 3.31. The van der Waals surface area contributed by atoms with Crippen LogP contribution in [-0.4, -0.2) is 35.3 Å². The summed E-state index contributed by atoms with van der Waals surface area (Å²) in [7, 11) is 0. The Hall–Kier alpha value is -3.16. The van der Waals surface area contributed by atoms with Gasteiger partial charge >= 0.3 is 0 Å². The number of anilines is 1. The van der Waals surface area contributed by atoms with Crippen molar-refractivity contribution in [1.29, 1.82) is 0 Å². The van der Waals surface area contributed by atoms with E-state index in [2.05, 4.69) is 37.1 Å². The molecule has 25 heavy (non-hydrogen) atoms. The van der Waals surface area contributed by atoms with Crippen LogP contribution in [0.25, 0.3) is 16.7 Å². The minimum absolute atomic E-state index is 0.214. The van der Waals surface area contributed by atoms with Gasteiger partial charge in [-0.25, -0.2) is 0 Å². The van der Waals surface area contributed by atoms with Gasteiger partial charge in [0.25, 0.3) is 17.6 Å². The van der Waals surface area contributed by atoms with Crippen LogP contribution >= 0.6 is 0 Å². The third-order valence-electron chi connectivity index (χ3n) is 4.27. The van der Waals surface area contributed by atoms with Crippen LogP contribution in [0.5, 0.6) is 0 Å². The molecule has 3 aromatic heterocycles. The van der Waals surface area contributed by atoms with Gasteiger partial charge in [-0.2, -0.15) is 9.50 Å². The SMILES string of the molecule is CCCCCn1cc(C(=O)Nc2nnc3nc[nH]n23)c2ccccc21. The van der Waals surface area contributed by atoms with Gasteiger partial charge in [-0.3, -0.25) is 15.2 Å². The van der Waals surface area contributed by atoms with E-state index in [1.54, 1.807) is 0 Å².